The fraction of sp³-hybridized carbons (Fsp3) is 0.462. The first-order chi connectivity index (χ1) is 15.2. The minimum absolute atomic E-state index is 0.0581. The number of carbonyl (C=O) groups excluding carboxylic acids is 2. The summed E-state index contributed by atoms with van der Waals surface area (Å²) in [5.74, 6) is 0.651. The lowest BCUT2D eigenvalue weighted by Crippen LogP contribution is -2.51. The highest BCUT2D eigenvalue weighted by atomic mass is 79.9. The molecule has 0 radical (unpaired) electrons. The van der Waals surface area contributed by atoms with Gasteiger partial charge in [0.15, 0.2) is 6.61 Å². The third-order valence-electron chi connectivity index (χ3n) is 5.63. The quantitative estimate of drug-likeness (QED) is 0.451. The molecule has 2 aromatic rings. The molecule has 2 amide bonds. The minimum atomic E-state index is -0.587. The SMILES string of the molecule is CC[C@@H](C)NC(=O)[C@H](C)N(CCc1ccccc1)C(=O)COc1ccc(C(C)C)cc1Br. The predicted molar refractivity (Wildman–Crippen MR) is 133 cm³/mol. The second kappa shape index (κ2) is 12.6. The molecule has 0 saturated heterocycles. The molecule has 0 unspecified atom stereocenters. The van der Waals surface area contributed by atoms with Crippen LogP contribution in [0.25, 0.3) is 0 Å². The molecule has 6 heteroatoms. The lowest BCUT2D eigenvalue weighted by molar-refractivity contribution is -0.141. The van der Waals surface area contributed by atoms with Crippen molar-refractivity contribution in [3.05, 3.63) is 64.1 Å². The van der Waals surface area contributed by atoms with Crippen LogP contribution in [0.3, 0.4) is 0 Å². The van der Waals surface area contributed by atoms with Crippen LogP contribution in [0.1, 0.15) is 58.1 Å². The van der Waals surface area contributed by atoms with Crippen molar-refractivity contribution in [1.82, 2.24) is 10.2 Å². The monoisotopic (exact) mass is 502 g/mol. The van der Waals surface area contributed by atoms with Gasteiger partial charge in [0.1, 0.15) is 11.8 Å². The van der Waals surface area contributed by atoms with Crippen molar-refractivity contribution in [2.45, 2.75) is 65.5 Å². The van der Waals surface area contributed by atoms with Crippen LogP contribution in [0.4, 0.5) is 0 Å². The lowest BCUT2D eigenvalue weighted by atomic mass is 10.0. The number of nitrogens with one attached hydrogen (secondary N) is 1. The van der Waals surface area contributed by atoms with Gasteiger partial charge in [0.05, 0.1) is 4.47 Å². The summed E-state index contributed by atoms with van der Waals surface area (Å²) in [5, 5.41) is 2.98. The smallest absolute Gasteiger partial charge is 0.261 e. The zero-order valence-corrected chi connectivity index (χ0v) is 21.3. The predicted octanol–water partition coefficient (Wildman–Crippen LogP) is 5.33. The second-order valence-electron chi connectivity index (χ2n) is 8.45. The van der Waals surface area contributed by atoms with Crippen LogP contribution >= 0.6 is 15.9 Å². The summed E-state index contributed by atoms with van der Waals surface area (Å²) in [4.78, 5) is 27.5. The Morgan fingerprint density at radius 3 is 2.34 bits per heavy atom. The topological polar surface area (TPSA) is 58.6 Å². The number of amides is 2. The molecule has 0 saturated carbocycles. The molecule has 0 aliphatic rings. The van der Waals surface area contributed by atoms with E-state index in [1.54, 1.807) is 11.8 Å². The van der Waals surface area contributed by atoms with E-state index in [-0.39, 0.29) is 24.5 Å². The number of rotatable bonds is 11. The molecule has 0 aliphatic heterocycles. The molecule has 0 aromatic heterocycles. The summed E-state index contributed by atoms with van der Waals surface area (Å²) in [6.07, 6.45) is 1.50. The van der Waals surface area contributed by atoms with E-state index in [1.165, 1.54) is 5.56 Å². The molecule has 0 spiro atoms. The average Bonchev–Trinajstić information content (AvgIpc) is 2.78. The van der Waals surface area contributed by atoms with Gasteiger partial charge in [0.25, 0.3) is 5.91 Å². The Morgan fingerprint density at radius 1 is 1.06 bits per heavy atom. The molecule has 0 bridgehead atoms. The summed E-state index contributed by atoms with van der Waals surface area (Å²) in [6, 6.07) is 15.3. The summed E-state index contributed by atoms with van der Waals surface area (Å²) >= 11 is 3.54. The molecule has 2 atom stereocenters. The second-order valence-corrected chi connectivity index (χ2v) is 9.30. The molecule has 32 heavy (non-hydrogen) atoms. The van der Waals surface area contributed by atoms with Gasteiger partial charge in [-0.25, -0.2) is 0 Å². The molecule has 0 aliphatic carbocycles. The van der Waals surface area contributed by atoms with Crippen LogP contribution < -0.4 is 10.1 Å². The molecule has 5 nitrogen and oxygen atoms in total. The standard InChI is InChI=1S/C26H35BrN2O3/c1-6-19(4)28-26(31)20(5)29(15-14-21-10-8-7-9-11-21)25(30)17-32-24-13-12-22(18(2)3)16-23(24)27/h7-13,16,18-20H,6,14-15,17H2,1-5H3,(H,28,31)/t19-,20+/m1/s1. The van der Waals surface area contributed by atoms with Crippen molar-refractivity contribution < 1.29 is 14.3 Å². The third kappa shape index (κ3) is 7.66. The highest BCUT2D eigenvalue weighted by Crippen LogP contribution is 2.29. The van der Waals surface area contributed by atoms with Gasteiger partial charge in [-0.3, -0.25) is 9.59 Å². The van der Waals surface area contributed by atoms with Crippen LogP contribution in [-0.2, 0) is 16.0 Å². The highest BCUT2D eigenvalue weighted by Gasteiger charge is 2.27. The average molecular weight is 503 g/mol. The van der Waals surface area contributed by atoms with E-state index in [0.717, 1.165) is 16.5 Å². The van der Waals surface area contributed by atoms with Crippen molar-refractivity contribution in [3.8, 4) is 5.75 Å². The lowest BCUT2D eigenvalue weighted by Gasteiger charge is -2.29. The van der Waals surface area contributed by atoms with Gasteiger partial charge in [0.2, 0.25) is 5.91 Å². The molecule has 1 N–H and O–H groups in total. The van der Waals surface area contributed by atoms with Gasteiger partial charge in [-0.05, 0) is 71.8 Å². The van der Waals surface area contributed by atoms with Crippen molar-refractivity contribution in [1.29, 1.82) is 0 Å². The Morgan fingerprint density at radius 2 is 1.75 bits per heavy atom. The van der Waals surface area contributed by atoms with E-state index >= 15 is 0 Å². The molecule has 174 valence electrons. The van der Waals surface area contributed by atoms with Crippen LogP contribution in [-0.4, -0.2) is 41.9 Å². The summed E-state index contributed by atoms with van der Waals surface area (Å²) in [6.45, 7) is 10.3. The van der Waals surface area contributed by atoms with Crippen LogP contribution in [0.15, 0.2) is 53.0 Å². The molecule has 0 heterocycles. The number of halogens is 1. The highest BCUT2D eigenvalue weighted by molar-refractivity contribution is 9.10. The summed E-state index contributed by atoms with van der Waals surface area (Å²) in [7, 11) is 0. The Balaban J connectivity index is 2.10. The van der Waals surface area contributed by atoms with Crippen LogP contribution in [0.2, 0.25) is 0 Å². The molecular weight excluding hydrogens is 468 g/mol. The van der Waals surface area contributed by atoms with E-state index in [9.17, 15) is 9.59 Å². The molecule has 2 aromatic carbocycles. The normalized spacial score (nSPS) is 12.8. The maximum Gasteiger partial charge on any atom is 0.261 e. The Hall–Kier alpha value is -2.34. The van der Waals surface area contributed by atoms with E-state index in [4.69, 9.17) is 4.74 Å². The van der Waals surface area contributed by atoms with Crippen molar-refractivity contribution in [2.75, 3.05) is 13.2 Å². The van der Waals surface area contributed by atoms with Crippen molar-refractivity contribution in [2.24, 2.45) is 0 Å². The molecule has 0 fully saturated rings. The maximum atomic E-state index is 13.1. The fourth-order valence-corrected chi connectivity index (χ4v) is 3.76. The number of hydrogen-bond acceptors (Lipinski definition) is 3. The van der Waals surface area contributed by atoms with Crippen LogP contribution in [0, 0.1) is 0 Å². The van der Waals surface area contributed by atoms with E-state index < -0.39 is 6.04 Å². The summed E-state index contributed by atoms with van der Waals surface area (Å²) in [5.41, 5.74) is 2.31. The van der Waals surface area contributed by atoms with Gasteiger partial charge >= 0.3 is 0 Å². The number of hydrogen-bond donors (Lipinski definition) is 1. The number of carbonyl (C=O) groups is 2. The number of benzene rings is 2. The molecular formula is C26H35BrN2O3. The van der Waals surface area contributed by atoms with Gasteiger partial charge in [-0.15, -0.1) is 0 Å². The maximum absolute atomic E-state index is 13.1. The fourth-order valence-electron chi connectivity index (χ4n) is 3.25. The first kappa shape index (κ1) is 25.9. The van der Waals surface area contributed by atoms with Gasteiger partial charge in [0, 0.05) is 12.6 Å². The Labute approximate surface area is 200 Å². The first-order valence-electron chi connectivity index (χ1n) is 11.3. The minimum Gasteiger partial charge on any atom is -0.483 e. The van der Waals surface area contributed by atoms with Crippen molar-refractivity contribution >= 4 is 27.7 Å². The molecule has 2 rings (SSSR count). The van der Waals surface area contributed by atoms with Gasteiger partial charge < -0.3 is 15.0 Å². The zero-order chi connectivity index (χ0) is 23.7. The van der Waals surface area contributed by atoms with E-state index in [0.29, 0.717) is 24.6 Å². The van der Waals surface area contributed by atoms with E-state index in [1.807, 2.05) is 62.4 Å². The Kier molecular flexibility index (Phi) is 10.2. The third-order valence-corrected chi connectivity index (χ3v) is 6.25. The van der Waals surface area contributed by atoms with Crippen molar-refractivity contribution in [3.63, 3.8) is 0 Å². The van der Waals surface area contributed by atoms with Gasteiger partial charge in [-0.1, -0.05) is 57.2 Å². The number of ether oxygens (including phenoxy) is 1. The van der Waals surface area contributed by atoms with E-state index in [2.05, 4.69) is 35.1 Å². The summed E-state index contributed by atoms with van der Waals surface area (Å²) < 4.78 is 6.64. The zero-order valence-electron chi connectivity index (χ0n) is 19.7. The number of nitrogens with zero attached hydrogens (tertiary/aromatic N) is 1. The van der Waals surface area contributed by atoms with Crippen LogP contribution in [0.5, 0.6) is 5.75 Å². The first-order valence-corrected chi connectivity index (χ1v) is 12.1. The Bertz CT molecular complexity index is 886. The van der Waals surface area contributed by atoms with Gasteiger partial charge in [-0.2, -0.15) is 0 Å². The largest absolute Gasteiger partial charge is 0.483 e.